The molecule has 3 nitrogen and oxygen atoms in total. The first-order valence-corrected chi connectivity index (χ1v) is 6.61. The Labute approximate surface area is 102 Å². The van der Waals surface area contributed by atoms with Crippen LogP contribution in [-0.4, -0.2) is 34.2 Å². The molecule has 0 atom stereocenters. The zero-order chi connectivity index (χ0) is 11.4. The van der Waals surface area contributed by atoms with Gasteiger partial charge in [0.1, 0.15) is 0 Å². The topological polar surface area (TPSA) is 21.1 Å². The number of alkyl halides is 1. The van der Waals surface area contributed by atoms with Gasteiger partial charge < -0.3 is 0 Å². The van der Waals surface area contributed by atoms with E-state index in [0.717, 1.165) is 18.8 Å². The minimum Gasteiger partial charge on any atom is -0.299 e. The van der Waals surface area contributed by atoms with E-state index in [9.17, 15) is 0 Å². The Morgan fingerprint density at radius 2 is 2.25 bits per heavy atom. The second-order valence-corrected chi connectivity index (χ2v) is 5.03. The predicted octanol–water partition coefficient (Wildman–Crippen LogP) is 2.67. The van der Waals surface area contributed by atoms with E-state index in [1.54, 1.807) is 0 Å². The molecule has 0 spiro atoms. The van der Waals surface area contributed by atoms with Crippen LogP contribution in [0.1, 0.15) is 37.4 Å². The standard InChI is InChI=1S/C12H20ClN3/c1-15(9-7-13)10-11-6-8-16(14-11)12-4-2-3-5-12/h6,8,12H,2-5,7,9-10H2,1H3. The highest BCUT2D eigenvalue weighted by Crippen LogP contribution is 2.28. The molecule has 4 heteroatoms. The third-order valence-electron chi connectivity index (χ3n) is 3.26. The van der Waals surface area contributed by atoms with Crippen molar-refractivity contribution in [1.82, 2.24) is 14.7 Å². The summed E-state index contributed by atoms with van der Waals surface area (Å²) in [6, 6.07) is 2.77. The highest BCUT2D eigenvalue weighted by atomic mass is 35.5. The van der Waals surface area contributed by atoms with Crippen LogP contribution in [0.25, 0.3) is 0 Å². The van der Waals surface area contributed by atoms with Gasteiger partial charge in [0.05, 0.1) is 11.7 Å². The molecule has 0 aliphatic heterocycles. The summed E-state index contributed by atoms with van der Waals surface area (Å²) in [7, 11) is 2.08. The van der Waals surface area contributed by atoms with E-state index < -0.39 is 0 Å². The molecular weight excluding hydrogens is 222 g/mol. The number of nitrogens with zero attached hydrogens (tertiary/aromatic N) is 3. The largest absolute Gasteiger partial charge is 0.299 e. The van der Waals surface area contributed by atoms with E-state index in [0.29, 0.717) is 11.9 Å². The smallest absolute Gasteiger partial charge is 0.0764 e. The maximum Gasteiger partial charge on any atom is 0.0764 e. The lowest BCUT2D eigenvalue weighted by atomic mass is 10.3. The molecule has 1 fully saturated rings. The quantitative estimate of drug-likeness (QED) is 0.739. The molecule has 0 saturated heterocycles. The molecule has 2 rings (SSSR count). The van der Waals surface area contributed by atoms with Crippen LogP contribution in [0.3, 0.4) is 0 Å². The lowest BCUT2D eigenvalue weighted by Gasteiger charge is -2.13. The van der Waals surface area contributed by atoms with Gasteiger partial charge in [-0.25, -0.2) is 0 Å². The van der Waals surface area contributed by atoms with Gasteiger partial charge in [-0.05, 0) is 26.0 Å². The summed E-state index contributed by atoms with van der Waals surface area (Å²) in [6.45, 7) is 1.81. The average Bonchev–Trinajstić information content (AvgIpc) is 2.86. The predicted molar refractivity (Wildman–Crippen MR) is 66.8 cm³/mol. The average molecular weight is 242 g/mol. The molecule has 16 heavy (non-hydrogen) atoms. The summed E-state index contributed by atoms with van der Waals surface area (Å²) in [4.78, 5) is 2.20. The molecule has 0 amide bonds. The van der Waals surface area contributed by atoms with Crippen molar-refractivity contribution >= 4 is 11.6 Å². The van der Waals surface area contributed by atoms with Gasteiger partial charge in [0.2, 0.25) is 0 Å². The van der Waals surface area contributed by atoms with Crippen LogP contribution in [0, 0.1) is 0 Å². The van der Waals surface area contributed by atoms with E-state index in [1.807, 2.05) is 0 Å². The monoisotopic (exact) mass is 241 g/mol. The van der Waals surface area contributed by atoms with Crippen LogP contribution < -0.4 is 0 Å². The maximum absolute atomic E-state index is 5.70. The van der Waals surface area contributed by atoms with E-state index in [-0.39, 0.29) is 0 Å². The molecule has 1 aromatic rings. The summed E-state index contributed by atoms with van der Waals surface area (Å²) >= 11 is 5.70. The van der Waals surface area contributed by atoms with Crippen LogP contribution >= 0.6 is 11.6 Å². The van der Waals surface area contributed by atoms with Crippen LogP contribution in [0.4, 0.5) is 0 Å². The Hall–Kier alpha value is -0.540. The molecule has 1 aromatic heterocycles. The van der Waals surface area contributed by atoms with E-state index in [2.05, 4.69) is 34.0 Å². The molecule has 1 heterocycles. The van der Waals surface area contributed by atoms with Crippen molar-refractivity contribution in [2.75, 3.05) is 19.5 Å². The fourth-order valence-electron chi connectivity index (χ4n) is 2.33. The highest BCUT2D eigenvalue weighted by molar-refractivity contribution is 6.18. The lowest BCUT2D eigenvalue weighted by molar-refractivity contribution is 0.339. The molecular formula is C12H20ClN3. The Morgan fingerprint density at radius 3 is 2.94 bits per heavy atom. The van der Waals surface area contributed by atoms with Crippen LogP contribution in [0.5, 0.6) is 0 Å². The lowest BCUT2D eigenvalue weighted by Crippen LogP contribution is -2.20. The molecule has 0 bridgehead atoms. The second kappa shape index (κ2) is 5.69. The van der Waals surface area contributed by atoms with Gasteiger partial charge >= 0.3 is 0 Å². The van der Waals surface area contributed by atoms with Crippen molar-refractivity contribution in [3.8, 4) is 0 Å². The van der Waals surface area contributed by atoms with Gasteiger partial charge in [-0.1, -0.05) is 12.8 Å². The van der Waals surface area contributed by atoms with Crippen molar-refractivity contribution in [2.24, 2.45) is 0 Å². The first kappa shape index (κ1) is 11.9. The molecule has 1 saturated carbocycles. The fraction of sp³-hybridized carbons (Fsp3) is 0.750. The number of hydrogen-bond acceptors (Lipinski definition) is 2. The first-order valence-electron chi connectivity index (χ1n) is 6.08. The Morgan fingerprint density at radius 1 is 1.50 bits per heavy atom. The summed E-state index contributed by atoms with van der Waals surface area (Å²) in [5.74, 6) is 0.680. The van der Waals surface area contributed by atoms with Crippen molar-refractivity contribution in [3.63, 3.8) is 0 Å². The minimum absolute atomic E-state index is 0.645. The zero-order valence-electron chi connectivity index (χ0n) is 9.90. The Bertz CT molecular complexity index is 318. The van der Waals surface area contributed by atoms with Crippen LogP contribution in [0.2, 0.25) is 0 Å². The summed E-state index contributed by atoms with van der Waals surface area (Å²) < 4.78 is 2.15. The van der Waals surface area contributed by atoms with Crippen molar-refractivity contribution in [2.45, 2.75) is 38.3 Å². The van der Waals surface area contributed by atoms with Gasteiger partial charge in [0.15, 0.2) is 0 Å². The second-order valence-electron chi connectivity index (χ2n) is 4.65. The third kappa shape index (κ3) is 2.98. The van der Waals surface area contributed by atoms with Gasteiger partial charge in [0, 0.05) is 25.2 Å². The molecule has 1 aliphatic rings. The van der Waals surface area contributed by atoms with E-state index in [1.165, 1.54) is 25.7 Å². The molecule has 90 valence electrons. The Kier molecular flexibility index (Phi) is 4.24. The summed E-state index contributed by atoms with van der Waals surface area (Å²) in [6.07, 6.45) is 7.41. The fourth-order valence-corrected chi connectivity index (χ4v) is 2.62. The Balaban J connectivity index is 1.91. The normalized spacial score (nSPS) is 17.4. The third-order valence-corrected chi connectivity index (χ3v) is 3.43. The van der Waals surface area contributed by atoms with Gasteiger partial charge in [-0.2, -0.15) is 5.10 Å². The van der Waals surface area contributed by atoms with Gasteiger partial charge in [0.25, 0.3) is 0 Å². The van der Waals surface area contributed by atoms with Crippen molar-refractivity contribution in [1.29, 1.82) is 0 Å². The van der Waals surface area contributed by atoms with Crippen LogP contribution in [-0.2, 0) is 6.54 Å². The SMILES string of the molecule is CN(CCCl)Cc1ccn(C2CCCC2)n1. The number of halogens is 1. The number of aromatic nitrogens is 2. The minimum atomic E-state index is 0.645. The summed E-state index contributed by atoms with van der Waals surface area (Å²) in [5.41, 5.74) is 1.15. The maximum atomic E-state index is 5.70. The van der Waals surface area contributed by atoms with Gasteiger partial charge in [-0.3, -0.25) is 9.58 Å². The van der Waals surface area contributed by atoms with Gasteiger partial charge in [-0.15, -0.1) is 11.6 Å². The first-order chi connectivity index (χ1) is 7.79. The molecule has 0 radical (unpaired) electrons. The highest BCUT2D eigenvalue weighted by Gasteiger charge is 2.17. The van der Waals surface area contributed by atoms with Crippen LogP contribution in [0.15, 0.2) is 12.3 Å². The molecule has 0 aromatic carbocycles. The number of hydrogen-bond donors (Lipinski definition) is 0. The van der Waals surface area contributed by atoms with E-state index >= 15 is 0 Å². The van der Waals surface area contributed by atoms with E-state index in [4.69, 9.17) is 11.6 Å². The molecule has 1 aliphatic carbocycles. The van der Waals surface area contributed by atoms with Crippen molar-refractivity contribution < 1.29 is 0 Å². The summed E-state index contributed by atoms with van der Waals surface area (Å²) in [5, 5.41) is 4.65. The molecule has 0 N–H and O–H groups in total. The number of rotatable bonds is 5. The molecule has 0 unspecified atom stereocenters. The van der Waals surface area contributed by atoms with Crippen molar-refractivity contribution in [3.05, 3.63) is 18.0 Å². The zero-order valence-corrected chi connectivity index (χ0v) is 10.7.